The normalized spacial score (nSPS) is 27.7. The van der Waals surface area contributed by atoms with Crippen molar-refractivity contribution >= 4 is 19.8 Å². The van der Waals surface area contributed by atoms with E-state index in [1.165, 1.54) is 5.82 Å². The van der Waals surface area contributed by atoms with E-state index < -0.39 is 0 Å². The van der Waals surface area contributed by atoms with Crippen LogP contribution in [0.1, 0.15) is 13.8 Å². The van der Waals surface area contributed by atoms with Crippen LogP contribution in [-0.4, -0.2) is 53.5 Å². The first-order chi connectivity index (χ1) is 8.37. The molecular weight excluding hydrogens is 224 g/mol. The zero-order chi connectivity index (χ0) is 13.2. The molecule has 1 unspecified atom stereocenters. The molecule has 0 radical (unpaired) electrons. The van der Waals surface area contributed by atoms with E-state index in [2.05, 4.69) is 71.8 Å². The van der Waals surface area contributed by atoms with Gasteiger partial charge in [-0.3, -0.25) is 0 Å². The summed E-state index contributed by atoms with van der Waals surface area (Å²) in [5.41, 5.74) is -0.00262. The highest BCUT2D eigenvalue weighted by Gasteiger charge is 2.55. The maximum Gasteiger partial charge on any atom is 0.331 e. The Labute approximate surface area is 110 Å². The van der Waals surface area contributed by atoms with Crippen LogP contribution in [0.5, 0.6) is 0 Å². The minimum atomic E-state index is -0.00262. The first-order valence-corrected chi connectivity index (χ1v) is 6.64. The zero-order valence-electron chi connectivity index (χ0n) is 12.1. The summed E-state index contributed by atoms with van der Waals surface area (Å²) in [6, 6.07) is 2.12. The van der Waals surface area contributed by atoms with Gasteiger partial charge in [-0.05, 0) is 34.0 Å². The van der Waals surface area contributed by atoms with Crippen molar-refractivity contribution in [1.29, 1.82) is 0 Å². The lowest BCUT2D eigenvalue weighted by atomic mass is 9.56. The molecule has 3 rings (SSSR count). The minimum Gasteiger partial charge on any atom is -0.370 e. The molecule has 18 heavy (non-hydrogen) atoms. The lowest BCUT2D eigenvalue weighted by Gasteiger charge is -2.52. The third-order valence-corrected chi connectivity index (χ3v) is 4.89. The molecule has 2 aliphatic heterocycles. The Bertz CT molecular complexity index is 474. The van der Waals surface area contributed by atoms with E-state index in [1.54, 1.807) is 0 Å². The molecule has 0 N–H and O–H groups in total. The lowest BCUT2D eigenvalue weighted by Crippen LogP contribution is -2.74. The largest absolute Gasteiger partial charge is 0.370 e. The van der Waals surface area contributed by atoms with Crippen molar-refractivity contribution in [2.24, 2.45) is 0 Å². The van der Waals surface area contributed by atoms with Crippen molar-refractivity contribution in [2.45, 2.75) is 39.2 Å². The third kappa shape index (κ3) is 1.24. The number of hydrogen-bond donors (Lipinski definition) is 0. The standard InChI is InChI=1S/C11H21B2N5/c1-11(2)10-15(5)12(3)16(6)13(4)17(10)9-7-8-14-18(9)11/h7-8,10H,1-6H3. The Kier molecular flexibility index (Phi) is 2.38. The molecule has 96 valence electrons. The summed E-state index contributed by atoms with van der Waals surface area (Å²) in [6.07, 6.45) is 2.26. The van der Waals surface area contributed by atoms with E-state index in [0.717, 1.165) is 0 Å². The summed E-state index contributed by atoms with van der Waals surface area (Å²) >= 11 is 0. The second-order valence-electron chi connectivity index (χ2n) is 6.13. The van der Waals surface area contributed by atoms with Crippen molar-refractivity contribution in [1.82, 2.24) is 19.3 Å². The van der Waals surface area contributed by atoms with Gasteiger partial charge in [0.25, 0.3) is 6.98 Å². The molecule has 0 aromatic carbocycles. The van der Waals surface area contributed by atoms with Crippen LogP contribution in [0.2, 0.25) is 13.6 Å². The number of hydrogen-bond acceptors (Lipinski definition) is 4. The van der Waals surface area contributed by atoms with Crippen molar-refractivity contribution in [3.63, 3.8) is 0 Å². The molecule has 0 amide bonds. The van der Waals surface area contributed by atoms with Crippen LogP contribution in [-0.2, 0) is 5.54 Å². The van der Waals surface area contributed by atoms with Crippen LogP contribution in [0.15, 0.2) is 12.3 Å². The Morgan fingerprint density at radius 2 is 1.89 bits per heavy atom. The fraction of sp³-hybridized carbons (Fsp3) is 0.727. The molecule has 1 fully saturated rings. The van der Waals surface area contributed by atoms with Gasteiger partial charge in [0.05, 0.1) is 17.9 Å². The maximum atomic E-state index is 4.52. The summed E-state index contributed by atoms with van der Waals surface area (Å²) in [5.74, 6) is 1.23. The van der Waals surface area contributed by atoms with Gasteiger partial charge in [-0.2, -0.15) is 5.10 Å². The molecular formula is C11H21B2N5. The van der Waals surface area contributed by atoms with Gasteiger partial charge < -0.3 is 14.3 Å². The molecule has 3 heterocycles. The predicted molar refractivity (Wildman–Crippen MR) is 76.6 cm³/mol. The minimum absolute atomic E-state index is 0.00262. The zero-order valence-corrected chi connectivity index (χ0v) is 12.1. The fourth-order valence-corrected chi connectivity index (χ4v) is 3.60. The van der Waals surface area contributed by atoms with Gasteiger partial charge in [0, 0.05) is 0 Å². The molecule has 1 aromatic heterocycles. The number of nitrogens with zero attached hydrogens (tertiary/aromatic N) is 5. The quantitative estimate of drug-likeness (QED) is 0.634. The summed E-state index contributed by atoms with van der Waals surface area (Å²) in [5, 5.41) is 4.52. The molecule has 0 saturated carbocycles. The number of likely N-dealkylation sites (N-methyl/N-ethyl adjacent to an activating group) is 1. The van der Waals surface area contributed by atoms with Crippen molar-refractivity contribution < 1.29 is 0 Å². The summed E-state index contributed by atoms with van der Waals surface area (Å²) in [6.45, 7) is 9.91. The average Bonchev–Trinajstić information content (AvgIpc) is 2.86. The van der Waals surface area contributed by atoms with E-state index in [9.17, 15) is 0 Å². The molecule has 0 aliphatic carbocycles. The Morgan fingerprint density at radius 1 is 1.22 bits per heavy atom. The average molecular weight is 245 g/mol. The topological polar surface area (TPSA) is 27.5 Å². The molecule has 1 saturated heterocycles. The van der Waals surface area contributed by atoms with Crippen LogP contribution in [0.4, 0.5) is 5.82 Å². The molecule has 1 atom stereocenters. The smallest absolute Gasteiger partial charge is 0.331 e. The van der Waals surface area contributed by atoms with Crippen LogP contribution < -0.4 is 4.81 Å². The molecule has 0 spiro atoms. The second-order valence-corrected chi connectivity index (χ2v) is 6.13. The van der Waals surface area contributed by atoms with Crippen molar-refractivity contribution in [2.75, 3.05) is 18.9 Å². The van der Waals surface area contributed by atoms with Crippen molar-refractivity contribution in [3.8, 4) is 0 Å². The van der Waals surface area contributed by atoms with E-state index in [-0.39, 0.29) is 5.54 Å². The first-order valence-electron chi connectivity index (χ1n) is 6.64. The molecule has 1 aromatic rings. The highest BCUT2D eigenvalue weighted by atomic mass is 15.5. The van der Waals surface area contributed by atoms with Gasteiger partial charge >= 0.3 is 6.98 Å². The third-order valence-electron chi connectivity index (χ3n) is 4.89. The molecule has 7 heteroatoms. The van der Waals surface area contributed by atoms with E-state index in [1.807, 2.05) is 6.20 Å². The van der Waals surface area contributed by atoms with Gasteiger partial charge in [-0.25, -0.2) is 4.68 Å². The van der Waals surface area contributed by atoms with Crippen molar-refractivity contribution in [3.05, 3.63) is 12.3 Å². The van der Waals surface area contributed by atoms with Gasteiger partial charge in [0.2, 0.25) is 0 Å². The van der Waals surface area contributed by atoms with Crippen LogP contribution in [0, 0.1) is 0 Å². The van der Waals surface area contributed by atoms with Crippen LogP contribution in [0.25, 0.3) is 0 Å². The Balaban J connectivity index is 2.13. The number of fused-ring (bicyclic) bond motifs is 3. The van der Waals surface area contributed by atoms with E-state index in [4.69, 9.17) is 0 Å². The molecule has 0 bridgehead atoms. The Morgan fingerprint density at radius 3 is 2.56 bits per heavy atom. The highest BCUT2D eigenvalue weighted by Crippen LogP contribution is 2.42. The van der Waals surface area contributed by atoms with Crippen LogP contribution >= 0.6 is 0 Å². The Hall–Kier alpha value is -0.940. The fourth-order valence-electron chi connectivity index (χ4n) is 3.60. The van der Waals surface area contributed by atoms with Gasteiger partial charge in [-0.15, -0.1) is 0 Å². The number of anilines is 1. The van der Waals surface area contributed by atoms with E-state index >= 15 is 0 Å². The van der Waals surface area contributed by atoms with Gasteiger partial charge in [0.15, 0.2) is 0 Å². The van der Waals surface area contributed by atoms with Crippen LogP contribution in [0.3, 0.4) is 0 Å². The SMILES string of the molecule is CB1N(C)B(C)N2c3ccnn3C(C)(C)C2N1C. The summed E-state index contributed by atoms with van der Waals surface area (Å²) in [4.78, 5) is 4.92. The molecule has 5 nitrogen and oxygen atoms in total. The lowest BCUT2D eigenvalue weighted by molar-refractivity contribution is 0.193. The monoisotopic (exact) mass is 245 g/mol. The summed E-state index contributed by atoms with van der Waals surface area (Å²) < 4.78 is 4.56. The first kappa shape index (κ1) is 12.1. The van der Waals surface area contributed by atoms with E-state index in [0.29, 0.717) is 20.1 Å². The number of aromatic nitrogens is 2. The highest BCUT2D eigenvalue weighted by molar-refractivity contribution is 6.73. The summed E-state index contributed by atoms with van der Waals surface area (Å²) in [7, 11) is 4.40. The second kappa shape index (κ2) is 3.54. The van der Waals surface area contributed by atoms with Gasteiger partial charge in [0.1, 0.15) is 5.82 Å². The predicted octanol–water partition coefficient (Wildman–Crippen LogP) is 0.877. The molecule has 2 aliphatic rings. The number of rotatable bonds is 0. The van der Waals surface area contributed by atoms with Gasteiger partial charge in [-0.1, -0.05) is 13.6 Å². The maximum absolute atomic E-state index is 4.52.